The summed E-state index contributed by atoms with van der Waals surface area (Å²) in [5, 5.41) is 3.39. The van der Waals surface area contributed by atoms with Crippen molar-refractivity contribution in [2.75, 3.05) is 26.7 Å². The summed E-state index contributed by atoms with van der Waals surface area (Å²) in [6, 6.07) is 13.9. The van der Waals surface area contributed by atoms with Crippen LogP contribution in [-0.4, -0.2) is 48.6 Å². The maximum atomic E-state index is 12.1. The summed E-state index contributed by atoms with van der Waals surface area (Å²) in [4.78, 5) is 22.9. The van der Waals surface area contributed by atoms with Gasteiger partial charge in [0.2, 0.25) is 5.88 Å². The van der Waals surface area contributed by atoms with Gasteiger partial charge in [0, 0.05) is 38.9 Å². The zero-order valence-electron chi connectivity index (χ0n) is 17.7. The van der Waals surface area contributed by atoms with E-state index >= 15 is 0 Å². The minimum Gasteiger partial charge on any atom is -0.473 e. The van der Waals surface area contributed by atoms with E-state index in [1.807, 2.05) is 49.4 Å². The molecule has 0 bridgehead atoms. The number of likely N-dealkylation sites (tertiary alicyclic amines) is 1. The number of benzene rings is 1. The monoisotopic (exact) mass is 410 g/mol. The molecule has 1 saturated heterocycles. The van der Waals surface area contributed by atoms with Crippen LogP contribution in [0.15, 0.2) is 53.7 Å². The van der Waals surface area contributed by atoms with Gasteiger partial charge in [-0.05, 0) is 37.0 Å². The molecule has 3 rings (SSSR count). The first-order valence-corrected chi connectivity index (χ1v) is 10.4. The Labute approximate surface area is 178 Å². The molecule has 0 radical (unpaired) electrons. The van der Waals surface area contributed by atoms with Crippen molar-refractivity contribution < 1.29 is 14.3 Å². The lowest BCUT2D eigenvalue weighted by molar-refractivity contribution is -0.149. The Hall–Kier alpha value is -3.09. The Morgan fingerprint density at radius 1 is 1.27 bits per heavy atom. The Balaban J connectivity index is 1.54. The zero-order valence-corrected chi connectivity index (χ0v) is 17.7. The van der Waals surface area contributed by atoms with Crippen molar-refractivity contribution in [1.82, 2.24) is 15.2 Å². The number of hydrogen-bond acceptors (Lipinski definition) is 5. The van der Waals surface area contributed by atoms with Gasteiger partial charge in [-0.25, -0.2) is 4.98 Å². The van der Waals surface area contributed by atoms with E-state index in [1.165, 1.54) is 0 Å². The highest BCUT2D eigenvalue weighted by Gasteiger charge is 2.28. The second kappa shape index (κ2) is 11.2. The fourth-order valence-electron chi connectivity index (χ4n) is 3.51. The molecule has 1 aromatic heterocycles. The summed E-state index contributed by atoms with van der Waals surface area (Å²) >= 11 is 0. The lowest BCUT2D eigenvalue weighted by Gasteiger charge is -2.34. The minimum atomic E-state index is -0.119. The van der Waals surface area contributed by atoms with Gasteiger partial charge in [-0.3, -0.25) is 9.79 Å². The quantitative estimate of drug-likeness (QED) is 0.430. The van der Waals surface area contributed by atoms with Crippen molar-refractivity contribution in [1.29, 1.82) is 0 Å². The van der Waals surface area contributed by atoms with Crippen molar-refractivity contribution in [3.8, 4) is 5.88 Å². The number of nitrogens with zero attached hydrogens (tertiary/aromatic N) is 3. The van der Waals surface area contributed by atoms with E-state index in [0.717, 1.165) is 36.5 Å². The molecular formula is C23H30N4O3. The third-order valence-electron chi connectivity index (χ3n) is 5.03. The number of rotatable bonds is 7. The molecule has 2 aromatic rings. The van der Waals surface area contributed by atoms with E-state index < -0.39 is 0 Å². The van der Waals surface area contributed by atoms with Crippen molar-refractivity contribution in [3.05, 3.63) is 59.8 Å². The number of ether oxygens (including phenoxy) is 2. The van der Waals surface area contributed by atoms with Crippen LogP contribution in [0.1, 0.15) is 30.9 Å². The topological polar surface area (TPSA) is 76.0 Å². The molecule has 1 atom stereocenters. The number of hydrogen-bond donors (Lipinski definition) is 1. The van der Waals surface area contributed by atoms with Crippen LogP contribution in [0, 0.1) is 5.92 Å². The maximum Gasteiger partial charge on any atom is 0.310 e. The molecule has 0 amide bonds. The van der Waals surface area contributed by atoms with Gasteiger partial charge in [0.25, 0.3) is 0 Å². The fraction of sp³-hybridized carbons (Fsp3) is 0.435. The second-order valence-electron chi connectivity index (χ2n) is 7.21. The van der Waals surface area contributed by atoms with Crippen LogP contribution in [0.3, 0.4) is 0 Å². The van der Waals surface area contributed by atoms with Crippen LogP contribution in [0.5, 0.6) is 5.88 Å². The first-order chi connectivity index (χ1) is 14.7. The zero-order chi connectivity index (χ0) is 21.2. The Morgan fingerprint density at radius 2 is 2.10 bits per heavy atom. The molecule has 0 aliphatic carbocycles. The molecule has 1 unspecified atom stereocenters. The number of aliphatic imine (C=N–C) groups is 1. The fourth-order valence-corrected chi connectivity index (χ4v) is 3.51. The normalized spacial score (nSPS) is 16.8. The minimum absolute atomic E-state index is 0.101. The van der Waals surface area contributed by atoms with Gasteiger partial charge in [-0.1, -0.05) is 30.3 Å². The smallest absolute Gasteiger partial charge is 0.310 e. The first kappa shape index (κ1) is 21.6. The number of pyridine rings is 1. The average molecular weight is 411 g/mol. The predicted molar refractivity (Wildman–Crippen MR) is 116 cm³/mol. The van der Waals surface area contributed by atoms with Gasteiger partial charge in [-0.15, -0.1) is 0 Å². The Bertz CT molecular complexity index is 841. The van der Waals surface area contributed by atoms with Gasteiger partial charge < -0.3 is 19.7 Å². The molecule has 30 heavy (non-hydrogen) atoms. The van der Waals surface area contributed by atoms with Gasteiger partial charge in [0.15, 0.2) is 5.96 Å². The predicted octanol–water partition coefficient (Wildman–Crippen LogP) is 3.01. The summed E-state index contributed by atoms with van der Waals surface area (Å²) in [5.41, 5.74) is 2.15. The molecule has 7 nitrogen and oxygen atoms in total. The van der Waals surface area contributed by atoms with Crippen LogP contribution >= 0.6 is 0 Å². The largest absolute Gasteiger partial charge is 0.473 e. The molecule has 1 aliphatic heterocycles. The van der Waals surface area contributed by atoms with Crippen molar-refractivity contribution in [2.24, 2.45) is 10.9 Å². The molecule has 160 valence electrons. The lowest BCUT2D eigenvalue weighted by Crippen LogP contribution is -2.48. The number of esters is 1. The number of piperidine rings is 1. The molecule has 1 N–H and O–H groups in total. The highest BCUT2D eigenvalue weighted by Crippen LogP contribution is 2.18. The number of nitrogens with one attached hydrogen (secondary N) is 1. The Morgan fingerprint density at radius 3 is 2.87 bits per heavy atom. The molecule has 2 heterocycles. The van der Waals surface area contributed by atoms with Crippen molar-refractivity contribution in [3.63, 3.8) is 0 Å². The van der Waals surface area contributed by atoms with Crippen LogP contribution in [0.25, 0.3) is 0 Å². The third kappa shape index (κ3) is 6.20. The van der Waals surface area contributed by atoms with Gasteiger partial charge >= 0.3 is 5.97 Å². The molecule has 0 saturated carbocycles. The summed E-state index contributed by atoms with van der Waals surface area (Å²) in [7, 11) is 1.76. The SMILES string of the molecule is CCOC(=O)C1CCCN(C(=NC)NCc2ccnc(OCc3ccccc3)c2)C1. The molecule has 1 aromatic carbocycles. The van der Waals surface area contributed by atoms with Gasteiger partial charge in [0.05, 0.1) is 12.5 Å². The lowest BCUT2D eigenvalue weighted by atomic mass is 9.98. The number of carbonyl (C=O) groups excluding carboxylic acids is 1. The summed E-state index contributed by atoms with van der Waals surface area (Å²) in [6.45, 7) is 4.83. The number of carbonyl (C=O) groups is 1. The molecule has 1 aliphatic rings. The highest BCUT2D eigenvalue weighted by atomic mass is 16.5. The summed E-state index contributed by atoms with van der Waals surface area (Å²) in [6.07, 6.45) is 3.55. The average Bonchev–Trinajstić information content (AvgIpc) is 2.79. The third-order valence-corrected chi connectivity index (χ3v) is 5.03. The van der Waals surface area contributed by atoms with E-state index in [-0.39, 0.29) is 11.9 Å². The van der Waals surface area contributed by atoms with Crippen LogP contribution in [-0.2, 0) is 22.7 Å². The highest BCUT2D eigenvalue weighted by molar-refractivity contribution is 5.81. The number of guanidine groups is 1. The van der Waals surface area contributed by atoms with Crippen LogP contribution in [0.2, 0.25) is 0 Å². The van der Waals surface area contributed by atoms with E-state index in [9.17, 15) is 4.79 Å². The standard InChI is InChI=1S/C23H30N4O3/c1-3-29-22(28)20-10-7-13-27(16-20)23(24-2)26-15-19-11-12-25-21(14-19)30-17-18-8-5-4-6-9-18/h4-6,8-9,11-12,14,20H,3,7,10,13,15-17H2,1-2H3,(H,24,26). The van der Waals surface area contributed by atoms with Gasteiger partial charge in [-0.2, -0.15) is 0 Å². The van der Waals surface area contributed by atoms with Crippen LogP contribution in [0.4, 0.5) is 0 Å². The van der Waals surface area contributed by atoms with E-state index in [4.69, 9.17) is 9.47 Å². The van der Waals surface area contributed by atoms with Crippen molar-refractivity contribution >= 4 is 11.9 Å². The Kier molecular flexibility index (Phi) is 8.06. The van der Waals surface area contributed by atoms with E-state index in [0.29, 0.717) is 32.2 Å². The molecule has 7 heteroatoms. The molecule has 0 spiro atoms. The van der Waals surface area contributed by atoms with Gasteiger partial charge in [0.1, 0.15) is 6.61 Å². The molecular weight excluding hydrogens is 380 g/mol. The summed E-state index contributed by atoms with van der Waals surface area (Å²) in [5.74, 6) is 1.16. The summed E-state index contributed by atoms with van der Waals surface area (Å²) < 4.78 is 11.0. The van der Waals surface area contributed by atoms with E-state index in [1.54, 1.807) is 13.2 Å². The second-order valence-corrected chi connectivity index (χ2v) is 7.21. The van der Waals surface area contributed by atoms with Crippen molar-refractivity contribution in [2.45, 2.75) is 32.9 Å². The van der Waals surface area contributed by atoms with E-state index in [2.05, 4.69) is 20.2 Å². The number of aromatic nitrogens is 1. The maximum absolute atomic E-state index is 12.1. The molecule has 1 fully saturated rings. The van der Waals surface area contributed by atoms with Crippen LogP contribution < -0.4 is 10.1 Å². The first-order valence-electron chi connectivity index (χ1n) is 10.4.